The van der Waals surface area contributed by atoms with Crippen molar-refractivity contribution in [1.82, 2.24) is 25.0 Å². The van der Waals surface area contributed by atoms with Gasteiger partial charge in [0.15, 0.2) is 0 Å². The largest absolute Gasteiger partial charge is 0.492 e. The van der Waals surface area contributed by atoms with E-state index >= 15 is 0 Å². The van der Waals surface area contributed by atoms with Gasteiger partial charge in [-0.15, -0.1) is 10.2 Å². The number of nitro groups is 1. The molecule has 0 saturated carbocycles. The zero-order valence-electron chi connectivity index (χ0n) is 9.31. The SMILES string of the molecule is CCOC(=O)c1nnc(-n2nc([N+](=O)[O-])nc2Br)s1. The summed E-state index contributed by atoms with van der Waals surface area (Å²) >= 11 is 3.89. The second-order valence-corrected chi connectivity index (χ2v) is 4.63. The van der Waals surface area contributed by atoms with Gasteiger partial charge in [-0.3, -0.25) is 0 Å². The van der Waals surface area contributed by atoms with E-state index in [0.29, 0.717) is 0 Å². The van der Waals surface area contributed by atoms with Crippen LogP contribution in [0.2, 0.25) is 0 Å². The molecule has 0 aliphatic rings. The van der Waals surface area contributed by atoms with Gasteiger partial charge in [0.25, 0.3) is 9.87 Å². The second-order valence-electron chi connectivity index (χ2n) is 2.96. The summed E-state index contributed by atoms with van der Waals surface area (Å²) in [4.78, 5) is 24.8. The Kier molecular flexibility index (Phi) is 3.80. The van der Waals surface area contributed by atoms with Gasteiger partial charge in [0.05, 0.1) is 6.61 Å². The van der Waals surface area contributed by atoms with Crippen molar-refractivity contribution in [3.63, 3.8) is 0 Å². The predicted molar refractivity (Wildman–Crippen MR) is 65.1 cm³/mol. The van der Waals surface area contributed by atoms with Crippen LogP contribution in [-0.4, -0.2) is 42.5 Å². The summed E-state index contributed by atoms with van der Waals surface area (Å²) in [5, 5.41) is 21.7. The summed E-state index contributed by atoms with van der Waals surface area (Å²) in [5.41, 5.74) is 0. The molecule has 0 aromatic carbocycles. The average Bonchev–Trinajstić information content (AvgIpc) is 2.95. The maximum Gasteiger partial charge on any atom is 0.492 e. The van der Waals surface area contributed by atoms with Crippen LogP contribution in [0.25, 0.3) is 5.13 Å². The van der Waals surface area contributed by atoms with E-state index in [1.165, 1.54) is 0 Å². The Morgan fingerprint density at radius 1 is 1.58 bits per heavy atom. The topological polar surface area (TPSA) is 126 Å². The third-order valence-electron chi connectivity index (χ3n) is 1.77. The quantitative estimate of drug-likeness (QED) is 0.454. The van der Waals surface area contributed by atoms with Gasteiger partial charge in [0.1, 0.15) is 0 Å². The zero-order valence-corrected chi connectivity index (χ0v) is 11.7. The first kappa shape index (κ1) is 13.5. The lowest BCUT2D eigenvalue weighted by atomic mass is 10.7. The monoisotopic (exact) mass is 348 g/mol. The number of carbonyl (C=O) groups excluding carboxylic acids is 1. The number of aromatic nitrogens is 5. The number of hydrogen-bond acceptors (Lipinski definition) is 9. The smallest absolute Gasteiger partial charge is 0.461 e. The molecule has 0 aliphatic carbocycles. The third-order valence-corrected chi connectivity index (χ3v) is 3.16. The molecule has 12 heteroatoms. The molecule has 0 saturated heterocycles. The lowest BCUT2D eigenvalue weighted by Crippen LogP contribution is -2.03. The van der Waals surface area contributed by atoms with Crippen LogP contribution in [0.5, 0.6) is 0 Å². The predicted octanol–water partition coefficient (Wildman–Crippen LogP) is 0.966. The van der Waals surface area contributed by atoms with Gasteiger partial charge >= 0.3 is 11.9 Å². The minimum Gasteiger partial charge on any atom is -0.461 e. The van der Waals surface area contributed by atoms with Crippen LogP contribution in [-0.2, 0) is 4.74 Å². The Morgan fingerprint density at radius 2 is 2.32 bits per heavy atom. The molecule has 0 unspecified atom stereocenters. The number of ether oxygens (including phenoxy) is 1. The van der Waals surface area contributed by atoms with Crippen molar-refractivity contribution in [1.29, 1.82) is 0 Å². The molecular formula is C7H5BrN6O4S. The Morgan fingerprint density at radius 3 is 2.89 bits per heavy atom. The summed E-state index contributed by atoms with van der Waals surface area (Å²) in [7, 11) is 0. The van der Waals surface area contributed by atoms with Crippen molar-refractivity contribution in [2.45, 2.75) is 6.92 Å². The molecule has 2 rings (SSSR count). The molecule has 10 nitrogen and oxygen atoms in total. The number of nitrogens with zero attached hydrogens (tertiary/aromatic N) is 6. The first-order chi connectivity index (χ1) is 9.02. The molecule has 0 fully saturated rings. The molecule has 2 aromatic rings. The van der Waals surface area contributed by atoms with E-state index in [4.69, 9.17) is 4.74 Å². The van der Waals surface area contributed by atoms with E-state index in [2.05, 4.69) is 36.2 Å². The summed E-state index contributed by atoms with van der Waals surface area (Å²) < 4.78 is 5.91. The molecule has 0 radical (unpaired) electrons. The zero-order chi connectivity index (χ0) is 14.0. The van der Waals surface area contributed by atoms with Crippen LogP contribution in [0.15, 0.2) is 4.73 Å². The molecule has 0 N–H and O–H groups in total. The van der Waals surface area contributed by atoms with Gasteiger partial charge in [-0.05, 0) is 16.8 Å². The molecule has 0 bridgehead atoms. The van der Waals surface area contributed by atoms with Crippen molar-refractivity contribution in [2.75, 3.05) is 6.61 Å². The van der Waals surface area contributed by atoms with Crippen LogP contribution in [0, 0.1) is 10.1 Å². The fourth-order valence-electron chi connectivity index (χ4n) is 1.06. The standard InChI is InChI=1S/C7H5BrN6O4S/c1-2-18-4(15)3-10-11-7(19-3)13-5(8)9-6(12-13)14(16)17/h2H2,1H3. The lowest BCUT2D eigenvalue weighted by Gasteiger charge is -1.94. The minimum atomic E-state index is -0.742. The number of rotatable bonds is 4. The average molecular weight is 349 g/mol. The van der Waals surface area contributed by atoms with Gasteiger partial charge in [0, 0.05) is 21.0 Å². The van der Waals surface area contributed by atoms with Crippen LogP contribution >= 0.6 is 27.3 Å². The van der Waals surface area contributed by atoms with E-state index in [1.807, 2.05) is 0 Å². The van der Waals surface area contributed by atoms with Crippen molar-refractivity contribution in [3.8, 4) is 5.13 Å². The van der Waals surface area contributed by atoms with Crippen molar-refractivity contribution < 1.29 is 14.5 Å². The van der Waals surface area contributed by atoms with Crippen molar-refractivity contribution in [3.05, 3.63) is 19.9 Å². The molecule has 19 heavy (non-hydrogen) atoms. The summed E-state index contributed by atoms with van der Waals surface area (Å²) in [5.74, 6) is -1.20. The fourth-order valence-corrected chi connectivity index (χ4v) is 2.27. The minimum absolute atomic E-state index is 0.0295. The number of carbonyl (C=O) groups is 1. The molecular weight excluding hydrogens is 344 g/mol. The Balaban J connectivity index is 2.32. The summed E-state index contributed by atoms with van der Waals surface area (Å²) in [6.45, 7) is 1.88. The van der Waals surface area contributed by atoms with E-state index < -0.39 is 16.8 Å². The van der Waals surface area contributed by atoms with E-state index in [1.54, 1.807) is 6.92 Å². The fraction of sp³-hybridized carbons (Fsp3) is 0.286. The highest BCUT2D eigenvalue weighted by Crippen LogP contribution is 2.21. The number of hydrogen-bond donors (Lipinski definition) is 0. The van der Waals surface area contributed by atoms with Gasteiger partial charge in [0.2, 0.25) is 5.01 Å². The highest BCUT2D eigenvalue weighted by atomic mass is 79.9. The maximum atomic E-state index is 11.4. The van der Waals surface area contributed by atoms with Crippen LogP contribution in [0.1, 0.15) is 16.7 Å². The molecule has 0 spiro atoms. The number of halogens is 1. The van der Waals surface area contributed by atoms with Crippen LogP contribution in [0.4, 0.5) is 5.95 Å². The van der Waals surface area contributed by atoms with Crippen LogP contribution < -0.4 is 0 Å². The van der Waals surface area contributed by atoms with E-state index in [-0.39, 0.29) is 21.5 Å². The molecule has 2 heterocycles. The first-order valence-electron chi connectivity index (χ1n) is 4.81. The second kappa shape index (κ2) is 5.36. The molecule has 0 atom stereocenters. The van der Waals surface area contributed by atoms with Crippen molar-refractivity contribution in [2.24, 2.45) is 0 Å². The molecule has 0 amide bonds. The lowest BCUT2D eigenvalue weighted by molar-refractivity contribution is -0.394. The van der Waals surface area contributed by atoms with Gasteiger partial charge in [-0.25, -0.2) is 4.79 Å². The van der Waals surface area contributed by atoms with E-state index in [0.717, 1.165) is 16.0 Å². The molecule has 0 aliphatic heterocycles. The normalized spacial score (nSPS) is 10.4. The van der Waals surface area contributed by atoms with Gasteiger partial charge < -0.3 is 14.9 Å². The highest BCUT2D eigenvalue weighted by Gasteiger charge is 2.24. The van der Waals surface area contributed by atoms with Gasteiger partial charge in [-0.1, -0.05) is 16.0 Å². The molecule has 100 valence electrons. The van der Waals surface area contributed by atoms with Crippen LogP contribution in [0.3, 0.4) is 0 Å². The summed E-state index contributed by atoms with van der Waals surface area (Å²) in [6, 6.07) is 0. The molecule has 2 aromatic heterocycles. The van der Waals surface area contributed by atoms with E-state index in [9.17, 15) is 14.9 Å². The Bertz CT molecular complexity index is 639. The number of esters is 1. The highest BCUT2D eigenvalue weighted by molar-refractivity contribution is 9.10. The Labute approximate surface area is 117 Å². The van der Waals surface area contributed by atoms with Gasteiger partial charge in [-0.2, -0.15) is 0 Å². The third kappa shape index (κ3) is 2.73. The van der Waals surface area contributed by atoms with Crippen molar-refractivity contribution >= 4 is 39.2 Å². The summed E-state index contributed by atoms with van der Waals surface area (Å²) in [6.07, 6.45) is 0. The maximum absolute atomic E-state index is 11.4. The first-order valence-corrected chi connectivity index (χ1v) is 6.41. The Hall–Kier alpha value is -1.95.